The number of amides is 1. The van der Waals surface area contributed by atoms with Crippen molar-refractivity contribution in [2.45, 2.75) is 84.3 Å². The standard InChI is InChI=1S/C38H51ClN2O7Si/c1-25(23-40-30-17-13-14-26(21-30)31-19-18-28(34(42)45-8)22-32(31)35(43)46-9)41(36(44)47-37(2,3)4)24-33(27-15-12-16-29(39)20-27)48-49(10,11)38(5,6)7/h12-22,25,33,40H,23-24H2,1-11H3. The van der Waals surface area contributed by atoms with Crippen LogP contribution < -0.4 is 5.32 Å². The molecule has 11 heteroatoms. The minimum absolute atomic E-state index is 0.0634. The zero-order valence-corrected chi connectivity index (χ0v) is 32.4. The normalized spacial score (nSPS) is 13.2. The van der Waals surface area contributed by atoms with Crippen molar-refractivity contribution >= 4 is 43.6 Å². The van der Waals surface area contributed by atoms with Gasteiger partial charge in [-0.05, 0) is 98.9 Å². The summed E-state index contributed by atoms with van der Waals surface area (Å²) in [5.41, 5.74) is 2.76. The average Bonchev–Trinajstić information content (AvgIpc) is 3.03. The minimum Gasteiger partial charge on any atom is -0.465 e. The largest absolute Gasteiger partial charge is 0.465 e. The Bertz CT molecular complexity index is 1630. The number of ether oxygens (including phenoxy) is 3. The predicted molar refractivity (Wildman–Crippen MR) is 198 cm³/mol. The Morgan fingerprint density at radius 2 is 1.53 bits per heavy atom. The summed E-state index contributed by atoms with van der Waals surface area (Å²) >= 11 is 6.43. The summed E-state index contributed by atoms with van der Waals surface area (Å²) in [5.74, 6) is -1.13. The number of esters is 2. The highest BCUT2D eigenvalue weighted by molar-refractivity contribution is 6.74. The van der Waals surface area contributed by atoms with Gasteiger partial charge in [0.05, 0.1) is 38.0 Å². The smallest absolute Gasteiger partial charge is 0.410 e. The van der Waals surface area contributed by atoms with Crippen LogP contribution in [-0.2, 0) is 18.6 Å². The summed E-state index contributed by atoms with van der Waals surface area (Å²) in [6, 6.07) is 19.6. The second-order valence-corrected chi connectivity index (χ2v) is 19.8. The van der Waals surface area contributed by atoms with E-state index in [1.54, 1.807) is 17.0 Å². The van der Waals surface area contributed by atoms with E-state index in [-0.39, 0.29) is 28.8 Å². The number of hydrogen-bond donors (Lipinski definition) is 1. The fraction of sp³-hybridized carbons (Fsp3) is 0.447. The zero-order valence-electron chi connectivity index (χ0n) is 30.6. The molecule has 266 valence electrons. The molecule has 0 saturated heterocycles. The second-order valence-electron chi connectivity index (χ2n) is 14.6. The van der Waals surface area contributed by atoms with Gasteiger partial charge in [-0.3, -0.25) is 0 Å². The highest BCUT2D eigenvalue weighted by Gasteiger charge is 2.41. The third-order valence-electron chi connectivity index (χ3n) is 8.61. The van der Waals surface area contributed by atoms with E-state index in [0.717, 1.165) is 16.8 Å². The molecule has 0 aliphatic rings. The third kappa shape index (κ3) is 10.8. The van der Waals surface area contributed by atoms with Crippen LogP contribution in [0.15, 0.2) is 66.7 Å². The van der Waals surface area contributed by atoms with Gasteiger partial charge in [0.1, 0.15) is 5.60 Å². The first-order valence-corrected chi connectivity index (χ1v) is 19.6. The number of nitrogens with zero attached hydrogens (tertiary/aromatic N) is 1. The van der Waals surface area contributed by atoms with Gasteiger partial charge in [0.25, 0.3) is 0 Å². The maximum atomic E-state index is 13.8. The van der Waals surface area contributed by atoms with E-state index >= 15 is 0 Å². The van der Waals surface area contributed by atoms with Crippen molar-refractivity contribution in [3.8, 4) is 11.1 Å². The van der Waals surface area contributed by atoms with Crippen molar-refractivity contribution in [2.24, 2.45) is 0 Å². The zero-order chi connectivity index (χ0) is 36.7. The molecule has 3 aromatic rings. The van der Waals surface area contributed by atoms with Crippen LogP contribution in [0.25, 0.3) is 11.1 Å². The molecule has 0 saturated carbocycles. The number of anilines is 1. The summed E-state index contributed by atoms with van der Waals surface area (Å²) in [6.07, 6.45) is -0.891. The number of carbonyl (C=O) groups excluding carboxylic acids is 3. The molecule has 49 heavy (non-hydrogen) atoms. The van der Waals surface area contributed by atoms with Crippen molar-refractivity contribution in [1.29, 1.82) is 0 Å². The van der Waals surface area contributed by atoms with E-state index < -0.39 is 38.1 Å². The lowest BCUT2D eigenvalue weighted by Crippen LogP contribution is -2.49. The van der Waals surface area contributed by atoms with Gasteiger partial charge in [0.15, 0.2) is 8.32 Å². The third-order valence-corrected chi connectivity index (χ3v) is 13.3. The number of halogens is 1. The number of rotatable bonds is 12. The van der Waals surface area contributed by atoms with Crippen LogP contribution in [0.4, 0.5) is 10.5 Å². The molecule has 1 amide bonds. The topological polar surface area (TPSA) is 103 Å². The van der Waals surface area contributed by atoms with Crippen LogP contribution >= 0.6 is 11.6 Å². The number of hydrogen-bond acceptors (Lipinski definition) is 8. The van der Waals surface area contributed by atoms with Crippen molar-refractivity contribution < 1.29 is 33.0 Å². The van der Waals surface area contributed by atoms with Gasteiger partial charge in [0, 0.05) is 23.3 Å². The van der Waals surface area contributed by atoms with Gasteiger partial charge >= 0.3 is 18.0 Å². The Morgan fingerprint density at radius 3 is 2.12 bits per heavy atom. The average molecular weight is 711 g/mol. The molecule has 0 fully saturated rings. The fourth-order valence-electron chi connectivity index (χ4n) is 4.88. The summed E-state index contributed by atoms with van der Waals surface area (Å²) < 4.78 is 22.7. The molecule has 1 N–H and O–H groups in total. The molecule has 0 bridgehead atoms. The first kappa shape index (κ1) is 39.6. The quantitative estimate of drug-likeness (QED) is 0.113. The van der Waals surface area contributed by atoms with Crippen LogP contribution in [0.3, 0.4) is 0 Å². The highest BCUT2D eigenvalue weighted by atomic mass is 35.5. The van der Waals surface area contributed by atoms with E-state index in [0.29, 0.717) is 17.1 Å². The first-order valence-electron chi connectivity index (χ1n) is 16.3. The first-order chi connectivity index (χ1) is 22.8. The van der Waals surface area contributed by atoms with E-state index in [1.807, 2.05) is 76.2 Å². The number of benzene rings is 3. The molecule has 0 aliphatic heterocycles. The van der Waals surface area contributed by atoms with Crippen LogP contribution in [0.2, 0.25) is 23.2 Å². The van der Waals surface area contributed by atoms with Gasteiger partial charge in [-0.2, -0.15) is 0 Å². The number of methoxy groups -OCH3 is 2. The Hall–Kier alpha value is -3.86. The summed E-state index contributed by atoms with van der Waals surface area (Å²) in [6.45, 7) is 19.1. The minimum atomic E-state index is -2.29. The van der Waals surface area contributed by atoms with Crippen molar-refractivity contribution in [3.63, 3.8) is 0 Å². The van der Waals surface area contributed by atoms with Crippen LogP contribution in [0.1, 0.15) is 80.8 Å². The summed E-state index contributed by atoms with van der Waals surface area (Å²) in [5, 5.41) is 3.99. The van der Waals surface area contributed by atoms with E-state index in [9.17, 15) is 14.4 Å². The Morgan fingerprint density at radius 1 is 0.878 bits per heavy atom. The lowest BCUT2D eigenvalue weighted by molar-refractivity contribution is 0.00797. The fourth-order valence-corrected chi connectivity index (χ4v) is 6.35. The Kier molecular flexibility index (Phi) is 13.1. The van der Waals surface area contributed by atoms with Gasteiger partial charge in [0.2, 0.25) is 0 Å². The van der Waals surface area contributed by atoms with Crippen LogP contribution in [0.5, 0.6) is 0 Å². The lowest BCUT2D eigenvalue weighted by Gasteiger charge is -2.41. The maximum Gasteiger partial charge on any atom is 0.410 e. The Balaban J connectivity index is 1.95. The molecule has 9 nitrogen and oxygen atoms in total. The van der Waals surface area contributed by atoms with E-state index in [2.05, 4.69) is 39.2 Å². The molecular formula is C38H51ClN2O7Si. The number of carbonyl (C=O) groups is 3. The monoisotopic (exact) mass is 710 g/mol. The summed E-state index contributed by atoms with van der Waals surface area (Å²) in [4.78, 5) is 40.4. The Labute approximate surface area is 297 Å². The lowest BCUT2D eigenvalue weighted by atomic mass is 9.97. The molecule has 0 spiro atoms. The maximum absolute atomic E-state index is 13.8. The van der Waals surface area contributed by atoms with Gasteiger partial charge in [-0.15, -0.1) is 0 Å². The molecule has 0 aromatic heterocycles. The molecule has 3 aromatic carbocycles. The molecule has 0 radical (unpaired) electrons. The van der Waals surface area contributed by atoms with E-state index in [1.165, 1.54) is 20.3 Å². The van der Waals surface area contributed by atoms with Gasteiger partial charge in [-0.25, -0.2) is 14.4 Å². The predicted octanol–water partition coefficient (Wildman–Crippen LogP) is 9.38. The van der Waals surface area contributed by atoms with Crippen molar-refractivity contribution in [3.05, 3.63) is 88.4 Å². The molecule has 2 atom stereocenters. The SMILES string of the molecule is COC(=O)c1ccc(-c2cccc(NCC(C)N(CC(O[Si](C)(C)C(C)(C)C)c3cccc(Cl)c3)C(=O)OC(C)(C)C)c2)c(C(=O)OC)c1. The van der Waals surface area contributed by atoms with Gasteiger partial charge in [-0.1, -0.05) is 62.7 Å². The molecular weight excluding hydrogens is 660 g/mol. The van der Waals surface area contributed by atoms with E-state index in [4.69, 9.17) is 30.2 Å². The van der Waals surface area contributed by atoms with Crippen LogP contribution in [-0.4, -0.2) is 70.2 Å². The molecule has 0 aliphatic carbocycles. The molecule has 3 rings (SSSR count). The number of nitrogens with one attached hydrogen (secondary N) is 1. The second kappa shape index (κ2) is 16.2. The summed E-state index contributed by atoms with van der Waals surface area (Å²) in [7, 11) is 0.292. The highest BCUT2D eigenvalue weighted by Crippen LogP contribution is 2.40. The van der Waals surface area contributed by atoms with Gasteiger partial charge < -0.3 is 28.9 Å². The van der Waals surface area contributed by atoms with Crippen molar-refractivity contribution in [2.75, 3.05) is 32.6 Å². The van der Waals surface area contributed by atoms with Crippen LogP contribution in [0, 0.1) is 0 Å². The van der Waals surface area contributed by atoms with Crippen molar-refractivity contribution in [1.82, 2.24) is 4.90 Å². The molecule has 0 heterocycles. The molecule has 2 unspecified atom stereocenters.